The molecular weight excluding hydrogens is 1290 g/mol. The first kappa shape index (κ1) is 71.7. The van der Waals surface area contributed by atoms with E-state index in [1.54, 1.807) is 91.0 Å². The molecule has 0 radical (unpaired) electrons. The molecule has 3 aliphatic heterocycles. The van der Waals surface area contributed by atoms with Gasteiger partial charge in [0.15, 0.2) is 37.2 Å². The molecule has 0 aliphatic carbocycles. The molecule has 19 nitrogen and oxygen atoms in total. The van der Waals surface area contributed by atoms with E-state index >= 15 is 0 Å². The van der Waals surface area contributed by atoms with E-state index in [9.17, 15) is 19.5 Å². The summed E-state index contributed by atoms with van der Waals surface area (Å²) in [5.74, 6) is -2.45. The van der Waals surface area contributed by atoms with Gasteiger partial charge in [-0.05, 0) is 69.8 Å². The van der Waals surface area contributed by atoms with Crippen molar-refractivity contribution in [2.24, 2.45) is 0 Å². The highest BCUT2D eigenvalue weighted by Crippen LogP contribution is 2.37. The maximum Gasteiger partial charge on any atom is 0.338 e. The summed E-state index contributed by atoms with van der Waals surface area (Å²) in [7, 11) is 1.34. The molecule has 19 heteroatoms. The fraction of sp³-hybridized carbons (Fsp3) is 0.305. The van der Waals surface area contributed by atoms with Crippen LogP contribution in [0.1, 0.15) is 64.5 Å². The fourth-order valence-corrected chi connectivity index (χ4v) is 12.3. The number of carbonyl (C=O) groups excluding carboxylic acids is 3. The Morgan fingerprint density at radius 1 is 0.277 bits per heavy atom. The number of hydrogen-bond donors (Lipinski definition) is 1. The zero-order chi connectivity index (χ0) is 69.4. The molecule has 0 amide bonds. The van der Waals surface area contributed by atoms with Crippen molar-refractivity contribution in [1.82, 2.24) is 0 Å². The average molecular weight is 1370 g/mol. The smallest absolute Gasteiger partial charge is 0.338 e. The van der Waals surface area contributed by atoms with Crippen molar-refractivity contribution in [3.8, 4) is 0 Å². The number of aliphatic hydroxyl groups is 1. The molecule has 0 saturated carbocycles. The second kappa shape index (κ2) is 37.0. The highest BCUT2D eigenvalue weighted by molar-refractivity contribution is 5.91. The summed E-state index contributed by atoms with van der Waals surface area (Å²) in [6, 6.07) is 82.7. The predicted molar refractivity (Wildman–Crippen MR) is 369 cm³/mol. The number of rotatable bonds is 32. The summed E-state index contributed by atoms with van der Waals surface area (Å²) < 4.78 is 102. The third-order valence-corrected chi connectivity index (χ3v) is 17.5. The lowest BCUT2D eigenvalue weighted by atomic mass is 9.96. The molecule has 0 bridgehead atoms. The summed E-state index contributed by atoms with van der Waals surface area (Å²) in [5, 5.41) is 11.4. The van der Waals surface area contributed by atoms with Gasteiger partial charge in [0.2, 0.25) is 0 Å². The van der Waals surface area contributed by atoms with Crippen LogP contribution in [0.5, 0.6) is 0 Å². The zero-order valence-electron chi connectivity index (χ0n) is 55.8. The molecule has 0 spiro atoms. The molecule has 101 heavy (non-hydrogen) atoms. The van der Waals surface area contributed by atoms with Gasteiger partial charge in [-0.1, -0.05) is 237 Å². The largest absolute Gasteiger partial charge is 0.452 e. The van der Waals surface area contributed by atoms with E-state index in [2.05, 4.69) is 0 Å². The number of aliphatic hydroxyl groups excluding tert-OH is 1. The number of esters is 3. The van der Waals surface area contributed by atoms with Gasteiger partial charge in [0, 0.05) is 7.11 Å². The van der Waals surface area contributed by atoms with Crippen molar-refractivity contribution < 1.29 is 90.5 Å². The average Bonchev–Trinajstić information content (AvgIpc) is 0.782. The molecule has 9 aromatic rings. The summed E-state index contributed by atoms with van der Waals surface area (Å²) in [6.07, 6.45) is -18.4. The maximum absolute atomic E-state index is 14.6. The molecule has 524 valence electrons. The number of hydrogen-bond acceptors (Lipinski definition) is 19. The number of ether oxygens (including phenoxy) is 15. The Hall–Kier alpha value is -9.13. The zero-order valence-corrected chi connectivity index (χ0v) is 55.8. The van der Waals surface area contributed by atoms with Crippen LogP contribution in [0.25, 0.3) is 0 Å². The van der Waals surface area contributed by atoms with Crippen LogP contribution in [0, 0.1) is 0 Å². The summed E-state index contributed by atoms with van der Waals surface area (Å²) in [4.78, 5) is 43.2. The highest BCUT2D eigenvalue weighted by Gasteiger charge is 2.56. The Balaban J connectivity index is 0.928. The third-order valence-electron chi connectivity index (χ3n) is 17.5. The molecule has 0 aromatic heterocycles. The van der Waals surface area contributed by atoms with Crippen LogP contribution in [-0.4, -0.2) is 142 Å². The van der Waals surface area contributed by atoms with Gasteiger partial charge in [-0.25, -0.2) is 14.4 Å². The summed E-state index contributed by atoms with van der Waals surface area (Å²) in [6.45, 7) is -0.640. The van der Waals surface area contributed by atoms with Crippen LogP contribution < -0.4 is 0 Å². The molecule has 1 N–H and O–H groups in total. The van der Waals surface area contributed by atoms with Gasteiger partial charge in [0.1, 0.15) is 54.9 Å². The Morgan fingerprint density at radius 2 is 0.525 bits per heavy atom. The van der Waals surface area contributed by atoms with E-state index in [-0.39, 0.29) is 62.9 Å². The number of carbonyl (C=O) groups is 3. The van der Waals surface area contributed by atoms with Crippen LogP contribution in [0.15, 0.2) is 273 Å². The predicted octanol–water partition coefficient (Wildman–Crippen LogP) is 12.0. The summed E-state index contributed by atoms with van der Waals surface area (Å²) in [5.41, 5.74) is 5.63. The van der Waals surface area contributed by atoms with Gasteiger partial charge in [-0.15, -0.1) is 0 Å². The van der Waals surface area contributed by atoms with Crippen molar-refractivity contribution in [2.45, 2.75) is 132 Å². The first-order valence-corrected chi connectivity index (χ1v) is 33.8. The van der Waals surface area contributed by atoms with Crippen LogP contribution in [-0.2, 0) is 111 Å². The van der Waals surface area contributed by atoms with Crippen molar-refractivity contribution in [1.29, 1.82) is 0 Å². The monoisotopic (exact) mass is 1370 g/mol. The molecule has 15 atom stereocenters. The van der Waals surface area contributed by atoms with Crippen molar-refractivity contribution in [2.75, 3.05) is 26.9 Å². The highest BCUT2D eigenvalue weighted by atomic mass is 16.8. The Morgan fingerprint density at radius 3 is 0.842 bits per heavy atom. The van der Waals surface area contributed by atoms with Gasteiger partial charge in [-0.2, -0.15) is 0 Å². The normalized spacial score (nSPS) is 25.0. The number of benzene rings is 9. The lowest BCUT2D eigenvalue weighted by molar-refractivity contribution is -0.358. The summed E-state index contributed by atoms with van der Waals surface area (Å²) >= 11 is 0. The first-order chi connectivity index (χ1) is 49.7. The SMILES string of the molecule is CO[C@H]1O[C@H](CO[C@H]2O[C@H](CO[C@H]3O[C@H](CO)[C@@H](OCc4ccccc4)[C@H](OCc4ccccc4)[C@H]3OCc3ccccc3)[C@@H](OCc3ccccc3)[C@H](OCc3ccccc3)[C@H]2OCc2ccccc2)[C@@H](OC(=O)c2ccccc2)[C@H](OC(=O)c2ccccc2)[C@H]1OC(=O)c1ccccc1. The fourth-order valence-electron chi connectivity index (χ4n) is 12.3. The van der Waals surface area contributed by atoms with E-state index in [1.165, 1.54) is 7.11 Å². The minimum Gasteiger partial charge on any atom is -0.452 e. The second-order valence-corrected chi connectivity index (χ2v) is 24.5. The molecule has 3 saturated heterocycles. The van der Waals surface area contributed by atoms with Crippen molar-refractivity contribution in [3.05, 3.63) is 323 Å². The Kier molecular flexibility index (Phi) is 26.2. The van der Waals surface area contributed by atoms with Gasteiger partial charge < -0.3 is 76.2 Å². The van der Waals surface area contributed by atoms with E-state index in [0.717, 1.165) is 33.4 Å². The lowest BCUT2D eigenvalue weighted by Gasteiger charge is -2.48. The molecule has 3 heterocycles. The Bertz CT molecular complexity index is 3890. The molecule has 3 fully saturated rings. The Labute approximate surface area is 587 Å². The van der Waals surface area contributed by atoms with Crippen molar-refractivity contribution >= 4 is 17.9 Å². The second-order valence-electron chi connectivity index (χ2n) is 24.5. The van der Waals surface area contributed by atoms with Gasteiger partial charge in [-0.3, -0.25) is 0 Å². The number of methoxy groups -OCH3 is 1. The minimum absolute atomic E-state index is 0.0399. The van der Waals surface area contributed by atoms with Crippen LogP contribution in [0.2, 0.25) is 0 Å². The van der Waals surface area contributed by atoms with E-state index in [1.807, 2.05) is 182 Å². The van der Waals surface area contributed by atoms with Crippen LogP contribution >= 0.6 is 0 Å². The van der Waals surface area contributed by atoms with E-state index in [4.69, 9.17) is 71.1 Å². The minimum atomic E-state index is -1.61. The van der Waals surface area contributed by atoms with Gasteiger partial charge >= 0.3 is 17.9 Å². The molecule has 9 aromatic carbocycles. The standard InChI is InChI=1S/C82H82O19/c1-87-80-76(101-79(86)64-45-27-10-28-46-64)73(100-78(85)63-43-25-9-26-44-63)70(99-77(84)62-41-23-8-24-42-62)67(97-80)55-95-82-75(93-53-61-39-21-7-22-40-61)72(91-51-59-35-17-5-18-36-59)69(89-49-57-31-13-3-14-32-57)66(98-82)54-94-81-74(92-52-60-37-19-6-20-38-60)71(90-50-58-33-15-4-16-34-58)68(65(47-83)96-81)88-48-56-29-11-2-12-30-56/h2-46,65-76,80-83H,47-55H2,1H3/t65-,66-,67-,68-,69-,70-,71+,72+,73+,74-,75-,76-,80+,81+,82+/m1/s1. The molecule has 3 aliphatic rings. The first-order valence-electron chi connectivity index (χ1n) is 33.8. The quantitative estimate of drug-likeness (QED) is 0.0307. The molecule has 0 unspecified atom stereocenters. The molecule has 12 rings (SSSR count). The van der Waals surface area contributed by atoms with Crippen LogP contribution in [0.4, 0.5) is 0 Å². The third kappa shape index (κ3) is 19.7. The van der Waals surface area contributed by atoms with Crippen LogP contribution in [0.3, 0.4) is 0 Å². The topological polar surface area (TPSA) is 210 Å². The lowest BCUT2D eigenvalue weighted by Crippen LogP contribution is -2.65. The van der Waals surface area contributed by atoms with Gasteiger partial charge in [0.25, 0.3) is 0 Å². The maximum atomic E-state index is 14.6. The van der Waals surface area contributed by atoms with Crippen molar-refractivity contribution in [3.63, 3.8) is 0 Å². The van der Waals surface area contributed by atoms with E-state index in [0.29, 0.717) is 0 Å². The van der Waals surface area contributed by atoms with Gasteiger partial charge in [0.05, 0.1) is 76.2 Å². The van der Waals surface area contributed by atoms with E-state index < -0.39 is 123 Å². The molecular formula is C82H82O19.